The Labute approximate surface area is 190 Å². The maximum atomic E-state index is 14.0. The summed E-state index contributed by atoms with van der Waals surface area (Å²) in [5, 5.41) is 0.464. The molecule has 3 aromatic rings. The Morgan fingerprint density at radius 3 is 2.75 bits per heavy atom. The number of ether oxygens (including phenoxy) is 1. The molecule has 6 nitrogen and oxygen atoms in total. The quantitative estimate of drug-likeness (QED) is 0.573. The summed E-state index contributed by atoms with van der Waals surface area (Å²) < 4.78 is 20.2. The first-order chi connectivity index (χ1) is 15.5. The number of nitrogens with zero attached hydrogens (tertiary/aromatic N) is 4. The maximum absolute atomic E-state index is 14.0. The van der Waals surface area contributed by atoms with Crippen molar-refractivity contribution in [1.29, 1.82) is 0 Å². The Kier molecular flexibility index (Phi) is 5.51. The van der Waals surface area contributed by atoms with E-state index in [-0.39, 0.29) is 18.1 Å². The molecule has 3 unspecified atom stereocenters. The average molecular weight is 453 g/mol. The molecule has 8 heteroatoms. The number of piperidine rings is 2. The molecule has 2 aliphatic heterocycles. The lowest BCUT2D eigenvalue weighted by molar-refractivity contribution is -0.0312. The number of halogens is 2. The number of hydrogen-bond donors (Lipinski definition) is 0. The van der Waals surface area contributed by atoms with Gasteiger partial charge in [0.1, 0.15) is 16.9 Å². The molecule has 2 aromatic heterocycles. The van der Waals surface area contributed by atoms with Crippen LogP contribution in [0, 0.1) is 18.7 Å². The van der Waals surface area contributed by atoms with Gasteiger partial charge in [-0.25, -0.2) is 19.3 Å². The zero-order valence-electron chi connectivity index (χ0n) is 17.5. The van der Waals surface area contributed by atoms with Crippen molar-refractivity contribution in [3.8, 4) is 17.3 Å². The van der Waals surface area contributed by atoms with Gasteiger partial charge in [-0.15, -0.1) is 0 Å². The zero-order valence-corrected chi connectivity index (χ0v) is 18.3. The summed E-state index contributed by atoms with van der Waals surface area (Å²) in [5.74, 6) is 0.433. The summed E-state index contributed by atoms with van der Waals surface area (Å²) in [7, 11) is 0. The van der Waals surface area contributed by atoms with Crippen LogP contribution in [0.25, 0.3) is 11.4 Å². The molecule has 4 heterocycles. The van der Waals surface area contributed by atoms with E-state index in [1.54, 1.807) is 24.7 Å². The lowest BCUT2D eigenvalue weighted by atomic mass is 9.77. The number of rotatable bonds is 4. The highest BCUT2D eigenvalue weighted by atomic mass is 35.5. The minimum Gasteiger partial charge on any atom is -0.471 e. The molecule has 6 rings (SSSR count). The standard InChI is InChI=1S/C24H22ClFN4O2/c1-14-9-19(25)23(29-12-14)32-21-10-15-3-6-20(21)30(13-15)24(31)17-5-4-16(26)11-18(17)22-27-7-2-8-28-22/h2,4-5,7-9,11-12,15,20-21H,3,6,10,13H2,1H3. The van der Waals surface area contributed by atoms with E-state index in [4.69, 9.17) is 16.3 Å². The highest BCUT2D eigenvalue weighted by Crippen LogP contribution is 2.39. The number of pyridine rings is 1. The second-order valence-corrected chi connectivity index (χ2v) is 8.83. The Bertz CT molecular complexity index is 1160. The van der Waals surface area contributed by atoms with Gasteiger partial charge in [0.2, 0.25) is 5.88 Å². The Hall–Kier alpha value is -3.06. The van der Waals surface area contributed by atoms with Crippen LogP contribution < -0.4 is 4.74 Å². The topological polar surface area (TPSA) is 68.2 Å². The van der Waals surface area contributed by atoms with Crippen LogP contribution in [-0.4, -0.2) is 44.4 Å². The predicted molar refractivity (Wildman–Crippen MR) is 118 cm³/mol. The van der Waals surface area contributed by atoms with Gasteiger partial charge < -0.3 is 9.64 Å². The maximum Gasteiger partial charge on any atom is 0.254 e. The van der Waals surface area contributed by atoms with Crippen LogP contribution in [0.3, 0.4) is 0 Å². The molecule has 1 amide bonds. The highest BCUT2D eigenvalue weighted by molar-refractivity contribution is 6.31. The third-order valence-electron chi connectivity index (χ3n) is 6.21. The number of benzene rings is 1. The molecule has 0 radical (unpaired) electrons. The van der Waals surface area contributed by atoms with Crippen molar-refractivity contribution >= 4 is 17.5 Å². The Morgan fingerprint density at radius 1 is 1.19 bits per heavy atom. The van der Waals surface area contributed by atoms with Gasteiger partial charge in [-0.05, 0) is 68.0 Å². The molecular weight excluding hydrogens is 431 g/mol. The Morgan fingerprint density at radius 2 is 2.00 bits per heavy atom. The molecule has 3 atom stereocenters. The first-order valence-electron chi connectivity index (χ1n) is 10.7. The molecule has 3 aliphatic rings. The van der Waals surface area contributed by atoms with E-state index in [1.807, 2.05) is 17.9 Å². The van der Waals surface area contributed by atoms with Crippen LogP contribution in [-0.2, 0) is 0 Å². The Balaban J connectivity index is 1.45. The molecule has 2 saturated heterocycles. The van der Waals surface area contributed by atoms with E-state index >= 15 is 0 Å². The number of amides is 1. The molecular formula is C24H22ClFN4O2. The fourth-order valence-electron chi connectivity index (χ4n) is 4.72. The molecule has 164 valence electrons. The van der Waals surface area contributed by atoms with Crippen molar-refractivity contribution < 1.29 is 13.9 Å². The largest absolute Gasteiger partial charge is 0.471 e. The van der Waals surface area contributed by atoms with Crippen LogP contribution in [0.4, 0.5) is 4.39 Å². The van der Waals surface area contributed by atoms with E-state index in [0.717, 1.165) is 24.8 Å². The first-order valence-corrected chi connectivity index (χ1v) is 11.0. The van der Waals surface area contributed by atoms with Crippen LogP contribution in [0.15, 0.2) is 48.9 Å². The third kappa shape index (κ3) is 3.93. The van der Waals surface area contributed by atoms with Gasteiger partial charge in [-0.2, -0.15) is 0 Å². The van der Waals surface area contributed by atoms with Gasteiger partial charge in [0, 0.05) is 30.7 Å². The van der Waals surface area contributed by atoms with Gasteiger partial charge in [0.25, 0.3) is 5.91 Å². The lowest BCUT2D eigenvalue weighted by Gasteiger charge is -2.49. The van der Waals surface area contributed by atoms with Crippen LogP contribution in [0.5, 0.6) is 5.88 Å². The fourth-order valence-corrected chi connectivity index (χ4v) is 4.99. The second-order valence-electron chi connectivity index (χ2n) is 8.42. The molecule has 32 heavy (non-hydrogen) atoms. The molecule has 2 bridgehead atoms. The normalized spacial score (nSPS) is 22.1. The summed E-state index contributed by atoms with van der Waals surface area (Å²) in [6.45, 7) is 2.56. The van der Waals surface area contributed by atoms with Gasteiger partial charge in [0.15, 0.2) is 5.82 Å². The van der Waals surface area contributed by atoms with Crippen molar-refractivity contribution in [2.75, 3.05) is 6.54 Å². The van der Waals surface area contributed by atoms with E-state index in [1.165, 1.54) is 18.2 Å². The van der Waals surface area contributed by atoms with E-state index in [2.05, 4.69) is 15.0 Å². The number of aromatic nitrogens is 3. The van der Waals surface area contributed by atoms with Gasteiger partial charge >= 0.3 is 0 Å². The number of aryl methyl sites for hydroxylation is 1. The SMILES string of the molecule is Cc1cnc(OC2CC3CCC2N(C(=O)c2ccc(F)cc2-c2ncccn2)C3)c(Cl)c1. The van der Waals surface area contributed by atoms with Crippen molar-refractivity contribution in [2.45, 2.75) is 38.3 Å². The van der Waals surface area contributed by atoms with Crippen molar-refractivity contribution in [3.63, 3.8) is 0 Å². The average Bonchev–Trinajstić information content (AvgIpc) is 2.81. The number of hydrogen-bond acceptors (Lipinski definition) is 5. The monoisotopic (exact) mass is 452 g/mol. The first kappa shape index (κ1) is 20.8. The summed E-state index contributed by atoms with van der Waals surface area (Å²) in [6, 6.07) is 7.51. The molecule has 0 spiro atoms. The summed E-state index contributed by atoms with van der Waals surface area (Å²) in [4.78, 5) is 28.3. The fraction of sp³-hybridized carbons (Fsp3) is 0.333. The third-order valence-corrected chi connectivity index (χ3v) is 6.48. The smallest absolute Gasteiger partial charge is 0.254 e. The van der Waals surface area contributed by atoms with Crippen molar-refractivity contribution in [1.82, 2.24) is 19.9 Å². The summed E-state index contributed by atoms with van der Waals surface area (Å²) in [5.41, 5.74) is 1.73. The molecule has 1 aromatic carbocycles. The van der Waals surface area contributed by atoms with Crippen LogP contribution in [0.1, 0.15) is 35.2 Å². The second kappa shape index (κ2) is 8.47. The molecule has 1 saturated carbocycles. The number of carbonyl (C=O) groups is 1. The highest BCUT2D eigenvalue weighted by Gasteiger charge is 2.45. The lowest BCUT2D eigenvalue weighted by Crippen LogP contribution is -2.59. The van der Waals surface area contributed by atoms with E-state index in [0.29, 0.717) is 40.3 Å². The minimum atomic E-state index is -0.439. The minimum absolute atomic E-state index is 0.110. The molecule has 0 N–H and O–H groups in total. The predicted octanol–water partition coefficient (Wildman–Crippen LogP) is 4.71. The molecule has 1 aliphatic carbocycles. The molecule has 3 fully saturated rings. The van der Waals surface area contributed by atoms with E-state index < -0.39 is 5.82 Å². The number of fused-ring (bicyclic) bond motifs is 3. The van der Waals surface area contributed by atoms with E-state index in [9.17, 15) is 9.18 Å². The summed E-state index contributed by atoms with van der Waals surface area (Å²) >= 11 is 6.33. The summed E-state index contributed by atoms with van der Waals surface area (Å²) in [6.07, 6.45) is 7.40. The van der Waals surface area contributed by atoms with Gasteiger partial charge in [-0.3, -0.25) is 4.79 Å². The van der Waals surface area contributed by atoms with Crippen LogP contribution in [0.2, 0.25) is 5.02 Å². The zero-order chi connectivity index (χ0) is 22.2. The van der Waals surface area contributed by atoms with Crippen molar-refractivity contribution in [2.24, 2.45) is 5.92 Å². The van der Waals surface area contributed by atoms with Gasteiger partial charge in [-0.1, -0.05) is 11.6 Å². The number of carbonyl (C=O) groups excluding carboxylic acids is 1. The van der Waals surface area contributed by atoms with Crippen LogP contribution >= 0.6 is 11.6 Å². The van der Waals surface area contributed by atoms with Gasteiger partial charge in [0.05, 0.1) is 11.6 Å². The van der Waals surface area contributed by atoms with Crippen molar-refractivity contribution in [3.05, 3.63) is 70.9 Å².